The van der Waals surface area contributed by atoms with Gasteiger partial charge in [-0.1, -0.05) is 37.3 Å². The highest BCUT2D eigenvalue weighted by Crippen LogP contribution is 2.41. The Morgan fingerprint density at radius 2 is 1.81 bits per heavy atom. The zero-order chi connectivity index (χ0) is 21.5. The van der Waals surface area contributed by atoms with E-state index in [-0.39, 0.29) is 12.1 Å². The van der Waals surface area contributed by atoms with Crippen molar-refractivity contribution in [2.45, 2.75) is 46.2 Å². The third-order valence-electron chi connectivity index (χ3n) is 5.81. The van der Waals surface area contributed by atoms with E-state index in [1.807, 2.05) is 43.6 Å². The molecular weight excluding hydrogens is 386 g/mol. The first-order valence-corrected chi connectivity index (χ1v) is 10.7. The van der Waals surface area contributed by atoms with Gasteiger partial charge in [-0.15, -0.1) is 10.2 Å². The second-order valence-corrected chi connectivity index (χ2v) is 8.06. The molecule has 0 unspecified atom stereocenters. The molecule has 156 valence electrons. The SMILES string of the molecule is CC[C@@H]1c2nnc(C)n2-c2cnc(-c3ccncc3-c3ccccc3)nc2N1C(C)C. The van der Waals surface area contributed by atoms with Crippen molar-refractivity contribution in [3.8, 4) is 28.2 Å². The molecule has 7 heteroatoms. The maximum absolute atomic E-state index is 5.10. The summed E-state index contributed by atoms with van der Waals surface area (Å²) < 4.78 is 2.09. The molecule has 0 fully saturated rings. The van der Waals surface area contributed by atoms with Gasteiger partial charge in [0.05, 0.1) is 12.2 Å². The zero-order valence-electron chi connectivity index (χ0n) is 18.2. The average molecular weight is 412 g/mol. The quantitative estimate of drug-likeness (QED) is 0.481. The fourth-order valence-corrected chi connectivity index (χ4v) is 4.43. The number of fused-ring (bicyclic) bond motifs is 3. The molecule has 1 aliphatic heterocycles. The van der Waals surface area contributed by atoms with Crippen LogP contribution in [-0.2, 0) is 0 Å². The fourth-order valence-electron chi connectivity index (χ4n) is 4.43. The number of anilines is 1. The molecule has 1 aliphatic rings. The van der Waals surface area contributed by atoms with E-state index in [1.54, 1.807) is 6.20 Å². The van der Waals surface area contributed by atoms with Gasteiger partial charge in [0.1, 0.15) is 11.5 Å². The highest BCUT2D eigenvalue weighted by molar-refractivity contribution is 5.80. The fraction of sp³-hybridized carbons (Fsp3) is 0.292. The van der Waals surface area contributed by atoms with E-state index >= 15 is 0 Å². The number of rotatable bonds is 4. The van der Waals surface area contributed by atoms with Gasteiger partial charge in [-0.3, -0.25) is 9.55 Å². The largest absolute Gasteiger partial charge is 0.342 e. The van der Waals surface area contributed by atoms with Gasteiger partial charge < -0.3 is 4.90 Å². The number of nitrogens with zero attached hydrogens (tertiary/aromatic N) is 7. The number of aryl methyl sites for hydroxylation is 1. The lowest BCUT2D eigenvalue weighted by atomic mass is 10.0. The maximum atomic E-state index is 5.10. The van der Waals surface area contributed by atoms with Crippen LogP contribution in [0.4, 0.5) is 5.82 Å². The Morgan fingerprint density at radius 3 is 2.55 bits per heavy atom. The molecule has 0 radical (unpaired) electrons. The van der Waals surface area contributed by atoms with Gasteiger partial charge in [0.25, 0.3) is 0 Å². The van der Waals surface area contributed by atoms with Crippen LogP contribution in [0.2, 0.25) is 0 Å². The topological polar surface area (TPSA) is 72.6 Å². The maximum Gasteiger partial charge on any atom is 0.162 e. The van der Waals surface area contributed by atoms with Crippen molar-refractivity contribution < 1.29 is 0 Å². The van der Waals surface area contributed by atoms with Crippen molar-refractivity contribution in [2.24, 2.45) is 0 Å². The lowest BCUT2D eigenvalue weighted by Crippen LogP contribution is -2.40. The first-order valence-electron chi connectivity index (χ1n) is 10.7. The van der Waals surface area contributed by atoms with Crippen LogP contribution in [0.3, 0.4) is 0 Å². The Balaban J connectivity index is 1.72. The summed E-state index contributed by atoms with van der Waals surface area (Å²) in [6, 6.07) is 12.6. The van der Waals surface area contributed by atoms with Crippen LogP contribution >= 0.6 is 0 Å². The van der Waals surface area contributed by atoms with Crippen LogP contribution in [0.1, 0.15) is 44.9 Å². The monoisotopic (exact) mass is 411 g/mol. The van der Waals surface area contributed by atoms with Gasteiger partial charge in [0, 0.05) is 29.6 Å². The molecule has 0 saturated heterocycles. The van der Waals surface area contributed by atoms with Crippen molar-refractivity contribution in [1.29, 1.82) is 0 Å². The molecule has 31 heavy (non-hydrogen) atoms. The smallest absolute Gasteiger partial charge is 0.162 e. The summed E-state index contributed by atoms with van der Waals surface area (Å²) in [4.78, 5) is 16.6. The van der Waals surface area contributed by atoms with E-state index in [0.29, 0.717) is 5.82 Å². The van der Waals surface area contributed by atoms with Crippen LogP contribution in [0, 0.1) is 6.92 Å². The Hall–Kier alpha value is -3.61. The summed E-state index contributed by atoms with van der Waals surface area (Å²) in [7, 11) is 0. The Kier molecular flexibility index (Phi) is 4.73. The minimum atomic E-state index is 0.113. The molecule has 4 aromatic rings. The van der Waals surface area contributed by atoms with Crippen LogP contribution in [-0.4, -0.2) is 35.8 Å². The van der Waals surface area contributed by atoms with Gasteiger partial charge in [-0.05, 0) is 38.8 Å². The van der Waals surface area contributed by atoms with Crippen LogP contribution in [0.15, 0.2) is 55.0 Å². The highest BCUT2D eigenvalue weighted by atomic mass is 15.4. The zero-order valence-corrected chi connectivity index (χ0v) is 18.2. The molecule has 0 spiro atoms. The molecule has 5 rings (SSSR count). The van der Waals surface area contributed by atoms with Crippen molar-refractivity contribution in [1.82, 2.24) is 29.7 Å². The minimum absolute atomic E-state index is 0.113. The first-order chi connectivity index (χ1) is 15.1. The molecule has 1 aromatic carbocycles. The van der Waals surface area contributed by atoms with Gasteiger partial charge in [-0.2, -0.15) is 0 Å². The Labute approximate surface area is 181 Å². The average Bonchev–Trinajstić information content (AvgIpc) is 3.19. The molecule has 1 atom stereocenters. The molecule has 0 saturated carbocycles. The number of benzene rings is 1. The van der Waals surface area contributed by atoms with Crippen LogP contribution in [0.5, 0.6) is 0 Å². The Bertz CT molecular complexity index is 1230. The van der Waals surface area contributed by atoms with Crippen molar-refractivity contribution in [3.63, 3.8) is 0 Å². The van der Waals surface area contributed by atoms with Gasteiger partial charge >= 0.3 is 0 Å². The lowest BCUT2D eigenvalue weighted by Gasteiger charge is -2.39. The van der Waals surface area contributed by atoms with Crippen molar-refractivity contribution in [2.75, 3.05) is 4.90 Å². The number of hydrogen-bond donors (Lipinski definition) is 0. The molecule has 0 N–H and O–H groups in total. The summed E-state index contributed by atoms with van der Waals surface area (Å²) in [6.07, 6.45) is 6.49. The molecule has 4 heterocycles. The molecular formula is C24H25N7. The van der Waals surface area contributed by atoms with E-state index in [4.69, 9.17) is 9.97 Å². The lowest BCUT2D eigenvalue weighted by molar-refractivity contribution is 0.496. The van der Waals surface area contributed by atoms with E-state index in [9.17, 15) is 0 Å². The van der Waals surface area contributed by atoms with Gasteiger partial charge in [0.15, 0.2) is 17.5 Å². The van der Waals surface area contributed by atoms with E-state index in [1.165, 1.54) is 0 Å². The Morgan fingerprint density at radius 1 is 1.00 bits per heavy atom. The standard InChI is InChI=1S/C24H25N7/c1-5-20-24-29-28-16(4)31(24)21-14-26-22(27-23(21)30(20)15(2)3)18-11-12-25-13-19(18)17-9-7-6-8-10-17/h6-15,20H,5H2,1-4H3/t20-/m1/s1. The molecule has 0 aliphatic carbocycles. The van der Waals surface area contributed by atoms with Gasteiger partial charge in [0.2, 0.25) is 0 Å². The predicted molar refractivity (Wildman–Crippen MR) is 121 cm³/mol. The second-order valence-electron chi connectivity index (χ2n) is 8.06. The summed E-state index contributed by atoms with van der Waals surface area (Å²) in [6.45, 7) is 8.53. The third-order valence-corrected chi connectivity index (χ3v) is 5.81. The third kappa shape index (κ3) is 3.08. The van der Waals surface area contributed by atoms with E-state index < -0.39 is 0 Å². The van der Waals surface area contributed by atoms with Gasteiger partial charge in [-0.25, -0.2) is 9.97 Å². The summed E-state index contributed by atoms with van der Waals surface area (Å²) in [5, 5.41) is 8.83. The normalized spacial score (nSPS) is 15.1. The number of aromatic nitrogens is 6. The summed E-state index contributed by atoms with van der Waals surface area (Å²) in [5.74, 6) is 3.41. The number of hydrogen-bond acceptors (Lipinski definition) is 6. The van der Waals surface area contributed by atoms with E-state index in [2.05, 4.69) is 57.6 Å². The van der Waals surface area contributed by atoms with Crippen LogP contribution < -0.4 is 4.90 Å². The molecule has 7 nitrogen and oxygen atoms in total. The predicted octanol–water partition coefficient (Wildman–Crippen LogP) is 4.77. The molecule has 3 aromatic heterocycles. The summed E-state index contributed by atoms with van der Waals surface area (Å²) >= 11 is 0. The molecule has 0 amide bonds. The van der Waals surface area contributed by atoms with Crippen LogP contribution in [0.25, 0.3) is 28.2 Å². The first kappa shape index (κ1) is 19.4. The van der Waals surface area contributed by atoms with E-state index in [0.717, 1.165) is 46.3 Å². The summed E-state index contributed by atoms with van der Waals surface area (Å²) in [5.41, 5.74) is 4.00. The van der Waals surface area contributed by atoms with Crippen molar-refractivity contribution >= 4 is 5.82 Å². The second kappa shape index (κ2) is 7.58. The van der Waals surface area contributed by atoms with Crippen molar-refractivity contribution in [3.05, 3.63) is 66.6 Å². The highest BCUT2D eigenvalue weighted by Gasteiger charge is 2.36. The minimum Gasteiger partial charge on any atom is -0.342 e. The molecule has 0 bridgehead atoms. The number of pyridine rings is 1.